The van der Waals surface area contributed by atoms with Gasteiger partial charge in [0, 0.05) is 12.0 Å². The Balaban J connectivity index is 1.94. The molecule has 2 rings (SSSR count). The zero-order valence-corrected chi connectivity index (χ0v) is 10.0. The maximum absolute atomic E-state index is 11.9. The lowest BCUT2D eigenvalue weighted by Gasteiger charge is -2.24. The fourth-order valence-corrected chi connectivity index (χ4v) is 2.22. The molecule has 1 heteroatoms. The van der Waals surface area contributed by atoms with Crippen molar-refractivity contribution >= 4 is 5.78 Å². The highest BCUT2D eigenvalue weighted by Gasteiger charge is 2.21. The molecule has 0 saturated heterocycles. The second kappa shape index (κ2) is 5.29. The summed E-state index contributed by atoms with van der Waals surface area (Å²) in [5.74, 6) is 0.996. The Morgan fingerprint density at radius 3 is 2.44 bits per heavy atom. The van der Waals surface area contributed by atoms with Crippen molar-refractivity contribution < 1.29 is 4.79 Å². The molecule has 0 heterocycles. The van der Waals surface area contributed by atoms with Crippen LogP contribution in [0.5, 0.6) is 0 Å². The monoisotopic (exact) mass is 216 g/mol. The van der Waals surface area contributed by atoms with Crippen LogP contribution >= 0.6 is 0 Å². The third-order valence-corrected chi connectivity index (χ3v) is 3.51. The fraction of sp³-hybridized carbons (Fsp3) is 0.533. The molecular formula is C15H20O. The molecule has 1 aromatic rings. The number of Topliss-reactive ketones (excluding diaryl/α,β-unsaturated/α-hetero) is 1. The molecule has 0 atom stereocenters. The lowest BCUT2D eigenvalue weighted by atomic mass is 9.81. The van der Waals surface area contributed by atoms with Crippen LogP contribution in [0.15, 0.2) is 24.3 Å². The zero-order chi connectivity index (χ0) is 11.4. The molecule has 0 radical (unpaired) electrons. The summed E-state index contributed by atoms with van der Waals surface area (Å²) in [5.41, 5.74) is 2.23. The predicted molar refractivity (Wildman–Crippen MR) is 66.7 cm³/mol. The van der Waals surface area contributed by atoms with Gasteiger partial charge in [-0.1, -0.05) is 56.9 Å². The van der Waals surface area contributed by atoms with Gasteiger partial charge in [0.2, 0.25) is 0 Å². The van der Waals surface area contributed by atoms with Crippen molar-refractivity contribution in [1.29, 1.82) is 0 Å². The van der Waals surface area contributed by atoms with Crippen LogP contribution in [0, 0.1) is 5.92 Å². The van der Waals surface area contributed by atoms with E-state index in [1.54, 1.807) is 0 Å². The normalized spacial score (nSPS) is 15.8. The molecular weight excluding hydrogens is 196 g/mol. The molecule has 1 nitrogen and oxygen atoms in total. The number of carbonyl (C=O) groups is 1. The van der Waals surface area contributed by atoms with Crippen molar-refractivity contribution in [2.24, 2.45) is 5.92 Å². The van der Waals surface area contributed by atoms with Gasteiger partial charge in [-0.15, -0.1) is 0 Å². The number of aryl methyl sites for hydroxylation is 1. The van der Waals surface area contributed by atoms with E-state index in [1.807, 2.05) is 12.1 Å². The van der Waals surface area contributed by atoms with Gasteiger partial charge in [-0.25, -0.2) is 0 Å². The van der Waals surface area contributed by atoms with Crippen LogP contribution in [0.4, 0.5) is 0 Å². The van der Waals surface area contributed by atoms with Crippen LogP contribution in [0.25, 0.3) is 0 Å². The van der Waals surface area contributed by atoms with Crippen LogP contribution in [-0.2, 0) is 6.42 Å². The van der Waals surface area contributed by atoms with Gasteiger partial charge in [0.25, 0.3) is 0 Å². The van der Waals surface area contributed by atoms with Crippen LogP contribution in [0.1, 0.15) is 54.9 Å². The Hall–Kier alpha value is -1.11. The van der Waals surface area contributed by atoms with Gasteiger partial charge in [-0.2, -0.15) is 0 Å². The number of carbonyl (C=O) groups excluding carboxylic acids is 1. The minimum atomic E-state index is 0.327. The summed E-state index contributed by atoms with van der Waals surface area (Å²) >= 11 is 0. The molecule has 0 bridgehead atoms. The molecule has 1 aromatic carbocycles. The standard InChI is InChI=1S/C15H20O/c1-2-4-12-7-9-14(10-8-12)15(16)11-13-5-3-6-13/h7-10,13H,2-6,11H2,1H3. The van der Waals surface area contributed by atoms with Gasteiger partial charge in [-0.05, 0) is 17.9 Å². The summed E-state index contributed by atoms with van der Waals surface area (Å²) in [4.78, 5) is 11.9. The van der Waals surface area contributed by atoms with Gasteiger partial charge in [-0.3, -0.25) is 4.79 Å². The van der Waals surface area contributed by atoms with Crippen molar-refractivity contribution in [3.63, 3.8) is 0 Å². The van der Waals surface area contributed by atoms with Crippen molar-refractivity contribution in [2.45, 2.75) is 45.4 Å². The van der Waals surface area contributed by atoms with E-state index in [4.69, 9.17) is 0 Å². The maximum atomic E-state index is 11.9. The van der Waals surface area contributed by atoms with Crippen LogP contribution in [0.2, 0.25) is 0 Å². The fourth-order valence-electron chi connectivity index (χ4n) is 2.22. The van der Waals surface area contributed by atoms with E-state index in [0.29, 0.717) is 11.7 Å². The summed E-state index contributed by atoms with van der Waals surface area (Å²) in [5, 5.41) is 0. The first-order chi connectivity index (χ1) is 7.79. The van der Waals surface area contributed by atoms with E-state index in [2.05, 4.69) is 19.1 Å². The number of hydrogen-bond donors (Lipinski definition) is 0. The van der Waals surface area contributed by atoms with E-state index in [0.717, 1.165) is 24.8 Å². The van der Waals surface area contributed by atoms with E-state index in [-0.39, 0.29) is 0 Å². The van der Waals surface area contributed by atoms with Crippen LogP contribution in [-0.4, -0.2) is 5.78 Å². The first-order valence-corrected chi connectivity index (χ1v) is 6.41. The smallest absolute Gasteiger partial charge is 0.163 e. The molecule has 86 valence electrons. The third kappa shape index (κ3) is 2.72. The van der Waals surface area contributed by atoms with Gasteiger partial charge in [0.15, 0.2) is 5.78 Å². The number of hydrogen-bond acceptors (Lipinski definition) is 1. The van der Waals surface area contributed by atoms with Crippen molar-refractivity contribution in [1.82, 2.24) is 0 Å². The average Bonchev–Trinajstić information content (AvgIpc) is 2.25. The average molecular weight is 216 g/mol. The molecule has 0 amide bonds. The summed E-state index contributed by atoms with van der Waals surface area (Å²) < 4.78 is 0. The summed E-state index contributed by atoms with van der Waals surface area (Å²) in [6.45, 7) is 2.18. The molecule has 1 aliphatic rings. The van der Waals surface area contributed by atoms with Gasteiger partial charge in [0.1, 0.15) is 0 Å². The Kier molecular flexibility index (Phi) is 3.76. The molecule has 0 aliphatic heterocycles. The lowest BCUT2D eigenvalue weighted by Crippen LogP contribution is -2.15. The van der Waals surface area contributed by atoms with Crippen molar-refractivity contribution in [3.05, 3.63) is 35.4 Å². The van der Waals surface area contributed by atoms with Crippen LogP contribution < -0.4 is 0 Å². The second-order valence-electron chi connectivity index (χ2n) is 4.87. The Bertz CT molecular complexity index is 346. The number of rotatable bonds is 5. The molecule has 1 fully saturated rings. The highest BCUT2D eigenvalue weighted by atomic mass is 16.1. The maximum Gasteiger partial charge on any atom is 0.163 e. The molecule has 0 spiro atoms. The molecule has 1 saturated carbocycles. The third-order valence-electron chi connectivity index (χ3n) is 3.51. The van der Waals surface area contributed by atoms with Crippen LogP contribution in [0.3, 0.4) is 0 Å². The van der Waals surface area contributed by atoms with Crippen molar-refractivity contribution in [2.75, 3.05) is 0 Å². The SMILES string of the molecule is CCCc1ccc(C(=O)CC2CCC2)cc1. The Morgan fingerprint density at radius 2 is 1.94 bits per heavy atom. The van der Waals surface area contributed by atoms with Gasteiger partial charge >= 0.3 is 0 Å². The molecule has 0 unspecified atom stereocenters. The van der Waals surface area contributed by atoms with E-state index < -0.39 is 0 Å². The Morgan fingerprint density at radius 1 is 1.25 bits per heavy atom. The topological polar surface area (TPSA) is 17.1 Å². The summed E-state index contributed by atoms with van der Waals surface area (Å²) in [6, 6.07) is 8.17. The highest BCUT2D eigenvalue weighted by molar-refractivity contribution is 5.96. The van der Waals surface area contributed by atoms with Gasteiger partial charge < -0.3 is 0 Å². The predicted octanol–water partition coefficient (Wildman–Crippen LogP) is 4.01. The number of ketones is 1. The van der Waals surface area contributed by atoms with Crippen molar-refractivity contribution in [3.8, 4) is 0 Å². The first kappa shape index (κ1) is 11.4. The first-order valence-electron chi connectivity index (χ1n) is 6.41. The summed E-state index contributed by atoms with van der Waals surface area (Å²) in [7, 11) is 0. The minimum absolute atomic E-state index is 0.327. The van der Waals surface area contributed by atoms with E-state index in [9.17, 15) is 4.79 Å². The Labute approximate surface area is 97.9 Å². The molecule has 1 aliphatic carbocycles. The van der Waals surface area contributed by atoms with E-state index >= 15 is 0 Å². The second-order valence-corrected chi connectivity index (χ2v) is 4.87. The molecule has 16 heavy (non-hydrogen) atoms. The lowest BCUT2D eigenvalue weighted by molar-refractivity contribution is 0.0936. The largest absolute Gasteiger partial charge is 0.294 e. The van der Waals surface area contributed by atoms with E-state index in [1.165, 1.54) is 24.8 Å². The highest BCUT2D eigenvalue weighted by Crippen LogP contribution is 2.30. The minimum Gasteiger partial charge on any atom is -0.294 e. The zero-order valence-electron chi connectivity index (χ0n) is 10.0. The number of benzene rings is 1. The quantitative estimate of drug-likeness (QED) is 0.680. The summed E-state index contributed by atoms with van der Waals surface area (Å²) in [6.07, 6.45) is 6.84. The molecule has 0 aromatic heterocycles. The molecule has 0 N–H and O–H groups in total. The van der Waals surface area contributed by atoms with Gasteiger partial charge in [0.05, 0.1) is 0 Å².